The smallest absolute Gasteiger partial charge is 0.224 e. The Morgan fingerprint density at radius 3 is 2.68 bits per heavy atom. The molecule has 0 spiro atoms. The minimum Gasteiger partial charge on any atom is -0.486 e. The van der Waals surface area contributed by atoms with Crippen LogP contribution in [0.25, 0.3) is 0 Å². The normalized spacial score (nSPS) is 14.1. The molecule has 0 fully saturated rings. The second-order valence-corrected chi connectivity index (χ2v) is 5.40. The first-order chi connectivity index (χ1) is 8.94. The van der Waals surface area contributed by atoms with Gasteiger partial charge in [-0.15, -0.1) is 0 Å². The number of nitrogens with two attached hydrogens (primary N) is 1. The fraction of sp³-hybridized carbons (Fsp3) is 0.500. The highest BCUT2D eigenvalue weighted by molar-refractivity contribution is 5.91. The van der Waals surface area contributed by atoms with E-state index in [0.29, 0.717) is 43.2 Å². The van der Waals surface area contributed by atoms with E-state index in [-0.39, 0.29) is 11.4 Å². The van der Waals surface area contributed by atoms with E-state index in [1.54, 1.807) is 18.2 Å². The van der Waals surface area contributed by atoms with E-state index in [4.69, 9.17) is 15.2 Å². The zero-order valence-electron chi connectivity index (χ0n) is 11.4. The molecule has 1 amide bonds. The van der Waals surface area contributed by atoms with Crippen LogP contribution in [-0.4, -0.2) is 24.7 Å². The number of hydrogen-bond donors (Lipinski definition) is 2. The summed E-state index contributed by atoms with van der Waals surface area (Å²) in [7, 11) is 0. The van der Waals surface area contributed by atoms with Gasteiger partial charge in [0.15, 0.2) is 11.5 Å². The molecule has 1 aromatic carbocycles. The molecule has 0 saturated carbocycles. The highest BCUT2D eigenvalue weighted by Gasteiger charge is 2.15. The Balaban J connectivity index is 1.94. The summed E-state index contributed by atoms with van der Waals surface area (Å²) in [6.07, 6.45) is 1.04. The number of carbonyl (C=O) groups excluding carboxylic acids is 1. The van der Waals surface area contributed by atoms with Crippen LogP contribution in [0.4, 0.5) is 5.69 Å². The summed E-state index contributed by atoms with van der Waals surface area (Å²) in [6, 6.07) is 5.38. The molecular weight excluding hydrogens is 244 g/mol. The van der Waals surface area contributed by atoms with Gasteiger partial charge in [-0.25, -0.2) is 0 Å². The summed E-state index contributed by atoms with van der Waals surface area (Å²) in [5.41, 5.74) is 6.23. The zero-order valence-corrected chi connectivity index (χ0v) is 11.4. The number of benzene rings is 1. The quantitative estimate of drug-likeness (QED) is 0.871. The molecule has 1 aliphatic rings. The zero-order chi connectivity index (χ0) is 13.9. The molecule has 0 atom stereocenters. The number of rotatable bonds is 4. The van der Waals surface area contributed by atoms with Crippen molar-refractivity contribution in [3.05, 3.63) is 18.2 Å². The number of anilines is 1. The second-order valence-electron chi connectivity index (χ2n) is 5.40. The van der Waals surface area contributed by atoms with Crippen LogP contribution in [0.1, 0.15) is 26.7 Å². The van der Waals surface area contributed by atoms with Crippen molar-refractivity contribution in [1.82, 2.24) is 0 Å². The van der Waals surface area contributed by atoms with Gasteiger partial charge < -0.3 is 20.5 Å². The van der Waals surface area contributed by atoms with Crippen molar-refractivity contribution < 1.29 is 14.3 Å². The number of hydrogen-bond acceptors (Lipinski definition) is 4. The first-order valence-electron chi connectivity index (χ1n) is 6.42. The third-order valence-corrected chi connectivity index (χ3v) is 2.82. The summed E-state index contributed by atoms with van der Waals surface area (Å²) in [6.45, 7) is 4.91. The van der Waals surface area contributed by atoms with Crippen LogP contribution in [0.15, 0.2) is 18.2 Å². The molecule has 1 aromatic rings. The largest absolute Gasteiger partial charge is 0.486 e. The number of fused-ring (bicyclic) bond motifs is 1. The molecule has 0 unspecified atom stereocenters. The van der Waals surface area contributed by atoms with Crippen LogP contribution in [0.2, 0.25) is 0 Å². The minimum absolute atomic E-state index is 0.0461. The summed E-state index contributed by atoms with van der Waals surface area (Å²) in [5.74, 6) is 1.34. The van der Waals surface area contributed by atoms with Crippen molar-refractivity contribution in [3.63, 3.8) is 0 Å². The summed E-state index contributed by atoms with van der Waals surface area (Å²) >= 11 is 0. The maximum atomic E-state index is 11.8. The van der Waals surface area contributed by atoms with Crippen molar-refractivity contribution >= 4 is 11.6 Å². The Bertz CT molecular complexity index is 466. The van der Waals surface area contributed by atoms with E-state index >= 15 is 0 Å². The molecule has 5 heteroatoms. The Morgan fingerprint density at radius 2 is 2.00 bits per heavy atom. The van der Waals surface area contributed by atoms with Gasteiger partial charge in [-0.1, -0.05) is 0 Å². The van der Waals surface area contributed by atoms with E-state index < -0.39 is 0 Å². The molecule has 19 heavy (non-hydrogen) atoms. The highest BCUT2D eigenvalue weighted by atomic mass is 16.6. The van der Waals surface area contributed by atoms with Crippen molar-refractivity contribution in [2.45, 2.75) is 32.2 Å². The summed E-state index contributed by atoms with van der Waals surface area (Å²) in [4.78, 5) is 11.8. The van der Waals surface area contributed by atoms with E-state index in [9.17, 15) is 4.79 Å². The lowest BCUT2D eigenvalue weighted by atomic mass is 10.00. The van der Waals surface area contributed by atoms with Crippen molar-refractivity contribution in [1.29, 1.82) is 0 Å². The first kappa shape index (κ1) is 13.7. The molecule has 0 aliphatic carbocycles. The van der Waals surface area contributed by atoms with Gasteiger partial charge in [-0.3, -0.25) is 4.79 Å². The Hall–Kier alpha value is -1.75. The molecule has 1 aliphatic heterocycles. The van der Waals surface area contributed by atoms with E-state index in [1.807, 2.05) is 13.8 Å². The predicted molar refractivity (Wildman–Crippen MR) is 73.6 cm³/mol. The van der Waals surface area contributed by atoms with E-state index in [0.717, 1.165) is 0 Å². The standard InChI is InChI=1S/C14H20N2O3/c1-14(2,15)6-5-13(17)16-10-3-4-11-12(9-10)19-8-7-18-11/h3-4,9H,5-8,15H2,1-2H3,(H,16,17). The monoisotopic (exact) mass is 264 g/mol. The van der Waals surface area contributed by atoms with Crippen LogP contribution in [0.5, 0.6) is 11.5 Å². The molecule has 0 aromatic heterocycles. The second kappa shape index (κ2) is 5.48. The lowest BCUT2D eigenvalue weighted by Gasteiger charge is -2.19. The average molecular weight is 264 g/mol. The molecular formula is C14H20N2O3. The number of nitrogens with one attached hydrogen (secondary N) is 1. The van der Waals surface area contributed by atoms with Crippen LogP contribution in [0.3, 0.4) is 0 Å². The lowest BCUT2D eigenvalue weighted by molar-refractivity contribution is -0.116. The van der Waals surface area contributed by atoms with Gasteiger partial charge in [0.05, 0.1) is 0 Å². The van der Waals surface area contributed by atoms with Crippen molar-refractivity contribution in [3.8, 4) is 11.5 Å². The van der Waals surface area contributed by atoms with Crippen LogP contribution >= 0.6 is 0 Å². The minimum atomic E-state index is -0.329. The van der Waals surface area contributed by atoms with Gasteiger partial charge in [0.1, 0.15) is 13.2 Å². The molecule has 1 heterocycles. The molecule has 3 N–H and O–H groups in total. The number of ether oxygens (including phenoxy) is 2. The maximum Gasteiger partial charge on any atom is 0.224 e. The van der Waals surface area contributed by atoms with Gasteiger partial charge in [-0.05, 0) is 32.4 Å². The van der Waals surface area contributed by atoms with Gasteiger partial charge in [0.25, 0.3) is 0 Å². The molecule has 104 valence electrons. The average Bonchev–Trinajstić information content (AvgIpc) is 2.35. The van der Waals surface area contributed by atoms with Crippen LogP contribution in [-0.2, 0) is 4.79 Å². The first-order valence-corrected chi connectivity index (χ1v) is 6.42. The fourth-order valence-electron chi connectivity index (χ4n) is 1.78. The van der Waals surface area contributed by atoms with Crippen LogP contribution in [0, 0.1) is 0 Å². The SMILES string of the molecule is CC(C)(N)CCC(=O)Nc1ccc2c(c1)OCCO2. The van der Waals surface area contributed by atoms with E-state index in [1.165, 1.54) is 0 Å². The lowest BCUT2D eigenvalue weighted by Crippen LogP contribution is -2.33. The third kappa shape index (κ3) is 4.13. The maximum absolute atomic E-state index is 11.8. The van der Waals surface area contributed by atoms with Crippen molar-refractivity contribution in [2.75, 3.05) is 18.5 Å². The van der Waals surface area contributed by atoms with Crippen LogP contribution < -0.4 is 20.5 Å². The van der Waals surface area contributed by atoms with Gasteiger partial charge in [0.2, 0.25) is 5.91 Å². The summed E-state index contributed by atoms with van der Waals surface area (Å²) < 4.78 is 10.9. The topological polar surface area (TPSA) is 73.6 Å². The molecule has 5 nitrogen and oxygen atoms in total. The summed E-state index contributed by atoms with van der Waals surface area (Å²) in [5, 5.41) is 2.83. The Kier molecular flexibility index (Phi) is 3.95. The Labute approximate surface area is 113 Å². The van der Waals surface area contributed by atoms with Crippen molar-refractivity contribution in [2.24, 2.45) is 5.73 Å². The van der Waals surface area contributed by atoms with Gasteiger partial charge >= 0.3 is 0 Å². The number of amides is 1. The van der Waals surface area contributed by atoms with E-state index in [2.05, 4.69) is 5.32 Å². The molecule has 0 radical (unpaired) electrons. The molecule has 0 bridgehead atoms. The number of carbonyl (C=O) groups is 1. The fourth-order valence-corrected chi connectivity index (χ4v) is 1.78. The Morgan fingerprint density at radius 1 is 1.32 bits per heavy atom. The van der Waals surface area contributed by atoms with Gasteiger partial charge in [-0.2, -0.15) is 0 Å². The predicted octanol–water partition coefficient (Wildman–Crippen LogP) is 1.91. The molecule has 2 rings (SSSR count). The van der Waals surface area contributed by atoms with Gasteiger partial charge in [0, 0.05) is 23.7 Å². The third-order valence-electron chi connectivity index (χ3n) is 2.82. The molecule has 0 saturated heterocycles. The highest BCUT2D eigenvalue weighted by Crippen LogP contribution is 2.32.